The second-order valence-electron chi connectivity index (χ2n) is 7.07. The lowest BCUT2D eigenvalue weighted by Crippen LogP contribution is -2.51. The summed E-state index contributed by atoms with van der Waals surface area (Å²) < 4.78 is 0. The van der Waals surface area contributed by atoms with Crippen LogP contribution in [-0.4, -0.2) is 65.2 Å². The molecule has 2 unspecified atom stereocenters. The minimum absolute atomic E-state index is 0.239. The second-order valence-corrected chi connectivity index (χ2v) is 8.54. The Kier molecular flexibility index (Phi) is 14.2. The standard InChI is InChI=1S/C22H29ClN2O4S.CH3Cl/c1-2-3-12-25(15-16-7-4-5-8-17(23)14-16)22(29)20(27)19(26)21(28)24-11-10-18-9-6-13-30-18;1-2/h4,6-9,13-14,19-20,26-27H,2-3,5,10-12,15H2,1H3,(H,24,28);1H3. The van der Waals surface area contributed by atoms with Gasteiger partial charge in [0.25, 0.3) is 11.8 Å². The summed E-state index contributed by atoms with van der Waals surface area (Å²) in [7, 11) is 0. The SMILES string of the molecule is CCCCN(CC1=CC(Cl)=CCC=C1)C(=O)C(O)C(O)C(=O)NCCc1cccs1.CCl. The van der Waals surface area contributed by atoms with Crippen LogP contribution >= 0.6 is 34.5 Å². The minimum Gasteiger partial charge on any atom is -0.380 e. The first-order valence-electron chi connectivity index (χ1n) is 10.5. The molecule has 0 spiro atoms. The number of alkyl halides is 1. The number of nitrogens with zero attached hydrogens (tertiary/aromatic N) is 1. The van der Waals surface area contributed by atoms with Crippen molar-refractivity contribution in [3.8, 4) is 0 Å². The quantitative estimate of drug-likeness (QED) is 0.403. The normalized spacial score (nSPS) is 14.8. The van der Waals surface area contributed by atoms with Crippen LogP contribution in [0.2, 0.25) is 0 Å². The van der Waals surface area contributed by atoms with Crippen molar-refractivity contribution in [3.63, 3.8) is 0 Å². The Hall–Kier alpha value is -1.64. The van der Waals surface area contributed by atoms with E-state index in [1.807, 2.05) is 42.7 Å². The molecule has 0 bridgehead atoms. The number of nitrogens with one attached hydrogen (secondary N) is 1. The topological polar surface area (TPSA) is 89.9 Å². The van der Waals surface area contributed by atoms with Crippen molar-refractivity contribution in [2.24, 2.45) is 0 Å². The molecule has 0 radical (unpaired) electrons. The van der Waals surface area contributed by atoms with Gasteiger partial charge in [0.1, 0.15) is 0 Å². The van der Waals surface area contributed by atoms with Crippen molar-refractivity contribution >= 4 is 46.4 Å². The van der Waals surface area contributed by atoms with Crippen LogP contribution in [0.1, 0.15) is 31.1 Å². The van der Waals surface area contributed by atoms with Crippen LogP contribution in [0.5, 0.6) is 0 Å². The van der Waals surface area contributed by atoms with E-state index in [1.54, 1.807) is 17.4 Å². The lowest BCUT2D eigenvalue weighted by atomic mass is 10.1. The highest BCUT2D eigenvalue weighted by Gasteiger charge is 2.33. The van der Waals surface area contributed by atoms with Crippen LogP contribution in [0.25, 0.3) is 0 Å². The highest BCUT2D eigenvalue weighted by Crippen LogP contribution is 2.16. The molecule has 0 saturated heterocycles. The molecule has 9 heteroatoms. The van der Waals surface area contributed by atoms with Gasteiger partial charge in [-0.15, -0.1) is 22.9 Å². The number of aliphatic hydroxyl groups excluding tert-OH is 2. The Balaban J connectivity index is 0.00000249. The van der Waals surface area contributed by atoms with Gasteiger partial charge in [-0.3, -0.25) is 9.59 Å². The molecule has 3 N–H and O–H groups in total. The summed E-state index contributed by atoms with van der Waals surface area (Å²) in [5, 5.41) is 25.7. The first-order valence-corrected chi connectivity index (χ1v) is 12.5. The van der Waals surface area contributed by atoms with Gasteiger partial charge in [-0.1, -0.05) is 49.2 Å². The number of hydrogen-bond acceptors (Lipinski definition) is 5. The summed E-state index contributed by atoms with van der Waals surface area (Å²) in [4.78, 5) is 27.6. The van der Waals surface area contributed by atoms with Gasteiger partial charge in [-0.2, -0.15) is 0 Å². The number of carbonyl (C=O) groups is 2. The Labute approximate surface area is 204 Å². The van der Waals surface area contributed by atoms with E-state index in [0.717, 1.165) is 23.3 Å². The third-order valence-corrected chi connectivity index (χ3v) is 5.84. The van der Waals surface area contributed by atoms with Crippen LogP contribution in [-0.2, 0) is 16.0 Å². The van der Waals surface area contributed by atoms with E-state index in [1.165, 1.54) is 11.3 Å². The van der Waals surface area contributed by atoms with Gasteiger partial charge < -0.3 is 20.4 Å². The summed E-state index contributed by atoms with van der Waals surface area (Å²) >= 11 is 12.3. The summed E-state index contributed by atoms with van der Waals surface area (Å²) in [6, 6.07) is 3.88. The highest BCUT2D eigenvalue weighted by molar-refractivity contribution is 7.09. The number of unbranched alkanes of at least 4 members (excludes halogenated alkanes) is 1. The Morgan fingerprint density at radius 1 is 1.28 bits per heavy atom. The molecule has 2 amide bonds. The molecule has 0 fully saturated rings. The van der Waals surface area contributed by atoms with Gasteiger partial charge in [-0.25, -0.2) is 0 Å². The molecule has 0 aliphatic heterocycles. The average Bonchev–Trinajstić information content (AvgIpc) is 3.23. The molecule has 178 valence electrons. The molecule has 1 aromatic heterocycles. The lowest BCUT2D eigenvalue weighted by Gasteiger charge is -2.27. The number of thiophene rings is 1. The summed E-state index contributed by atoms with van der Waals surface area (Å²) in [5.74, 6) is -1.44. The zero-order chi connectivity index (χ0) is 23.9. The molecule has 1 aliphatic rings. The summed E-state index contributed by atoms with van der Waals surface area (Å²) in [6.07, 6.45) is 8.21. The molecule has 32 heavy (non-hydrogen) atoms. The Bertz CT molecular complexity index is 794. The van der Waals surface area contributed by atoms with Gasteiger partial charge in [0.2, 0.25) is 0 Å². The van der Waals surface area contributed by atoms with Crippen LogP contribution in [0.3, 0.4) is 0 Å². The van der Waals surface area contributed by atoms with Gasteiger partial charge in [0.15, 0.2) is 12.2 Å². The number of halogens is 2. The van der Waals surface area contributed by atoms with E-state index in [-0.39, 0.29) is 6.54 Å². The first-order chi connectivity index (χ1) is 15.4. The molecule has 1 aliphatic carbocycles. The Morgan fingerprint density at radius 3 is 2.69 bits per heavy atom. The van der Waals surface area contributed by atoms with Crippen LogP contribution in [0.15, 0.2) is 52.4 Å². The van der Waals surface area contributed by atoms with E-state index in [4.69, 9.17) is 11.6 Å². The van der Waals surface area contributed by atoms with Gasteiger partial charge in [-0.05, 0) is 42.4 Å². The van der Waals surface area contributed by atoms with Crippen molar-refractivity contribution in [1.82, 2.24) is 10.2 Å². The monoisotopic (exact) mass is 502 g/mol. The maximum absolute atomic E-state index is 12.8. The molecule has 1 heterocycles. The average molecular weight is 503 g/mol. The van der Waals surface area contributed by atoms with E-state index in [2.05, 4.69) is 16.9 Å². The van der Waals surface area contributed by atoms with E-state index >= 15 is 0 Å². The lowest BCUT2D eigenvalue weighted by molar-refractivity contribution is -0.152. The third kappa shape index (κ3) is 9.88. The molecular weight excluding hydrogens is 471 g/mol. The fourth-order valence-corrected chi connectivity index (χ4v) is 3.89. The minimum atomic E-state index is -1.83. The smallest absolute Gasteiger partial charge is 0.254 e. The predicted octanol–water partition coefficient (Wildman–Crippen LogP) is 3.62. The molecule has 2 atom stereocenters. The zero-order valence-electron chi connectivity index (χ0n) is 18.5. The van der Waals surface area contributed by atoms with E-state index < -0.39 is 24.0 Å². The number of rotatable bonds is 11. The maximum Gasteiger partial charge on any atom is 0.254 e. The number of hydrogen-bond donors (Lipinski definition) is 3. The number of aliphatic hydroxyl groups is 2. The first kappa shape index (κ1) is 28.4. The molecule has 0 saturated carbocycles. The van der Waals surface area contributed by atoms with Crippen molar-refractivity contribution in [2.45, 2.75) is 44.8 Å². The number of allylic oxidation sites excluding steroid dienone is 4. The van der Waals surface area contributed by atoms with Crippen LogP contribution in [0, 0.1) is 0 Å². The second kappa shape index (κ2) is 16.0. The van der Waals surface area contributed by atoms with Gasteiger partial charge >= 0.3 is 0 Å². The largest absolute Gasteiger partial charge is 0.380 e. The fourth-order valence-electron chi connectivity index (χ4n) is 2.95. The van der Waals surface area contributed by atoms with Crippen LogP contribution in [0.4, 0.5) is 0 Å². The van der Waals surface area contributed by atoms with Crippen LogP contribution < -0.4 is 5.32 Å². The van der Waals surface area contributed by atoms with E-state index in [0.29, 0.717) is 31.0 Å². The Morgan fingerprint density at radius 2 is 2.03 bits per heavy atom. The number of carbonyl (C=O) groups excluding carboxylic acids is 2. The van der Waals surface area contributed by atoms with Crippen molar-refractivity contribution < 1.29 is 19.8 Å². The summed E-state index contributed by atoms with van der Waals surface area (Å²) in [6.45, 7) is 2.97. The third-order valence-electron chi connectivity index (χ3n) is 4.64. The summed E-state index contributed by atoms with van der Waals surface area (Å²) in [5.41, 5.74) is 0.820. The molecule has 0 aromatic carbocycles. The molecule has 6 nitrogen and oxygen atoms in total. The zero-order valence-corrected chi connectivity index (χ0v) is 20.8. The number of amides is 2. The van der Waals surface area contributed by atoms with Crippen molar-refractivity contribution in [3.05, 3.63) is 57.3 Å². The maximum atomic E-state index is 12.8. The highest BCUT2D eigenvalue weighted by atomic mass is 35.5. The molecule has 2 rings (SSSR count). The molecule has 1 aromatic rings. The fraction of sp³-hybridized carbons (Fsp3) is 0.478. The predicted molar refractivity (Wildman–Crippen MR) is 132 cm³/mol. The van der Waals surface area contributed by atoms with Crippen molar-refractivity contribution in [2.75, 3.05) is 26.0 Å². The molecular formula is C23H32Cl2N2O4S. The van der Waals surface area contributed by atoms with Gasteiger partial charge in [0, 0.05) is 35.9 Å². The van der Waals surface area contributed by atoms with Gasteiger partial charge in [0.05, 0.1) is 0 Å². The van der Waals surface area contributed by atoms with E-state index in [9.17, 15) is 19.8 Å². The van der Waals surface area contributed by atoms with Crippen molar-refractivity contribution in [1.29, 1.82) is 0 Å².